The van der Waals surface area contributed by atoms with Crippen molar-refractivity contribution in [2.24, 2.45) is 0 Å². The smallest absolute Gasteiger partial charge is 0.244 e. The lowest BCUT2D eigenvalue weighted by Crippen LogP contribution is -2.48. The van der Waals surface area contributed by atoms with Crippen molar-refractivity contribution in [3.05, 3.63) is 56.5 Å². The van der Waals surface area contributed by atoms with E-state index in [1.165, 1.54) is 27.6 Å². The van der Waals surface area contributed by atoms with Crippen molar-refractivity contribution >= 4 is 50.5 Å². The second-order valence-electron chi connectivity index (χ2n) is 6.38. The molecule has 0 unspecified atom stereocenters. The number of anilines is 1. The van der Waals surface area contributed by atoms with Gasteiger partial charge in [-0.05, 0) is 43.2 Å². The highest BCUT2D eigenvalue weighted by Gasteiger charge is 2.31. The number of aryl methyl sites for hydroxylation is 2. The molecule has 1 fully saturated rings. The Labute approximate surface area is 169 Å². The van der Waals surface area contributed by atoms with E-state index in [0.717, 1.165) is 5.69 Å². The molecule has 3 rings (SSSR count). The first-order chi connectivity index (χ1) is 12.2. The lowest BCUT2D eigenvalue weighted by atomic mass is 10.1. The number of rotatable bonds is 3. The maximum Gasteiger partial charge on any atom is 0.244 e. The van der Waals surface area contributed by atoms with Crippen molar-refractivity contribution in [2.45, 2.75) is 18.7 Å². The van der Waals surface area contributed by atoms with Gasteiger partial charge in [-0.2, -0.15) is 4.31 Å². The number of halogens is 3. The first-order valence-corrected chi connectivity index (χ1v) is 10.7. The van der Waals surface area contributed by atoms with Gasteiger partial charge < -0.3 is 4.90 Å². The molecular weight excluding hydrogens is 415 g/mol. The van der Waals surface area contributed by atoms with Crippen LogP contribution in [-0.2, 0) is 10.0 Å². The quantitative estimate of drug-likeness (QED) is 0.654. The molecule has 0 amide bonds. The fourth-order valence-electron chi connectivity index (χ4n) is 3.07. The minimum Gasteiger partial charge on any atom is -0.369 e. The van der Waals surface area contributed by atoms with E-state index in [9.17, 15) is 8.42 Å². The van der Waals surface area contributed by atoms with Gasteiger partial charge in [-0.3, -0.25) is 0 Å². The third kappa shape index (κ3) is 3.82. The molecule has 0 radical (unpaired) electrons. The van der Waals surface area contributed by atoms with Gasteiger partial charge in [-0.15, -0.1) is 0 Å². The molecule has 1 aliphatic heterocycles. The molecule has 140 valence electrons. The molecule has 2 aromatic rings. The van der Waals surface area contributed by atoms with Crippen molar-refractivity contribution in [3.63, 3.8) is 0 Å². The van der Waals surface area contributed by atoms with E-state index in [2.05, 4.69) is 36.9 Å². The highest BCUT2D eigenvalue weighted by atomic mass is 35.5. The van der Waals surface area contributed by atoms with Crippen LogP contribution in [0.3, 0.4) is 0 Å². The van der Waals surface area contributed by atoms with Crippen molar-refractivity contribution in [3.8, 4) is 0 Å². The lowest BCUT2D eigenvalue weighted by Gasteiger charge is -2.36. The third-order valence-corrected chi connectivity index (χ3v) is 7.62. The fourth-order valence-corrected chi connectivity index (χ4v) is 5.47. The van der Waals surface area contributed by atoms with Crippen LogP contribution in [0.2, 0.25) is 15.1 Å². The largest absolute Gasteiger partial charge is 0.369 e. The van der Waals surface area contributed by atoms with Crippen LogP contribution >= 0.6 is 34.8 Å². The first-order valence-electron chi connectivity index (χ1n) is 8.17. The highest BCUT2D eigenvalue weighted by molar-refractivity contribution is 7.89. The summed E-state index contributed by atoms with van der Waals surface area (Å²) in [4.78, 5) is 2.21. The van der Waals surface area contributed by atoms with Crippen molar-refractivity contribution in [1.82, 2.24) is 4.31 Å². The van der Waals surface area contributed by atoms with E-state index < -0.39 is 10.0 Å². The van der Waals surface area contributed by atoms with Gasteiger partial charge in [-0.1, -0.05) is 46.9 Å². The molecule has 0 aliphatic carbocycles. The van der Waals surface area contributed by atoms with Gasteiger partial charge in [0.2, 0.25) is 10.0 Å². The normalized spacial score (nSPS) is 16.1. The molecule has 0 bridgehead atoms. The van der Waals surface area contributed by atoms with E-state index in [1.54, 1.807) is 0 Å². The Kier molecular flexibility index (Phi) is 5.75. The van der Waals surface area contributed by atoms with Gasteiger partial charge in [0.15, 0.2) is 0 Å². The number of sulfonamides is 1. The molecular formula is C18H19Cl3N2O2S. The van der Waals surface area contributed by atoms with Gasteiger partial charge in [0.1, 0.15) is 4.90 Å². The summed E-state index contributed by atoms with van der Waals surface area (Å²) in [5, 5.41) is 0.482. The second kappa shape index (κ2) is 7.56. The van der Waals surface area contributed by atoms with Crippen LogP contribution in [-0.4, -0.2) is 38.9 Å². The summed E-state index contributed by atoms with van der Waals surface area (Å²) < 4.78 is 27.4. The Balaban J connectivity index is 1.81. The minimum atomic E-state index is -3.72. The molecule has 1 heterocycles. The van der Waals surface area contributed by atoms with Crippen LogP contribution in [0.4, 0.5) is 5.69 Å². The molecule has 0 saturated carbocycles. The summed E-state index contributed by atoms with van der Waals surface area (Å²) in [7, 11) is -3.72. The molecule has 0 spiro atoms. The van der Waals surface area contributed by atoms with Gasteiger partial charge in [-0.25, -0.2) is 8.42 Å². The van der Waals surface area contributed by atoms with Gasteiger partial charge in [0, 0.05) is 31.9 Å². The minimum absolute atomic E-state index is 0.00578. The zero-order valence-electron chi connectivity index (χ0n) is 14.5. The Morgan fingerprint density at radius 1 is 0.846 bits per heavy atom. The summed E-state index contributed by atoms with van der Waals surface area (Å²) in [6.45, 7) is 6.10. The van der Waals surface area contributed by atoms with E-state index in [-0.39, 0.29) is 20.0 Å². The zero-order chi connectivity index (χ0) is 19.1. The van der Waals surface area contributed by atoms with Crippen molar-refractivity contribution in [2.75, 3.05) is 31.1 Å². The Morgan fingerprint density at radius 2 is 1.46 bits per heavy atom. The van der Waals surface area contributed by atoms with Crippen molar-refractivity contribution < 1.29 is 8.42 Å². The number of nitrogens with zero attached hydrogens (tertiary/aromatic N) is 2. The lowest BCUT2D eigenvalue weighted by molar-refractivity contribution is 0.385. The highest BCUT2D eigenvalue weighted by Crippen LogP contribution is 2.33. The van der Waals surface area contributed by atoms with Gasteiger partial charge in [0.05, 0.1) is 15.1 Å². The summed E-state index contributed by atoms with van der Waals surface area (Å²) >= 11 is 18.0. The molecule has 0 atom stereocenters. The van der Waals surface area contributed by atoms with Crippen LogP contribution in [0, 0.1) is 13.8 Å². The molecule has 1 saturated heterocycles. The monoisotopic (exact) mass is 432 g/mol. The van der Waals surface area contributed by atoms with Crippen LogP contribution in [0.25, 0.3) is 0 Å². The van der Waals surface area contributed by atoms with Crippen molar-refractivity contribution in [1.29, 1.82) is 0 Å². The topological polar surface area (TPSA) is 40.6 Å². The summed E-state index contributed by atoms with van der Waals surface area (Å²) in [5.74, 6) is 0. The SMILES string of the molecule is Cc1ccc(C)c(N2CCN(S(=O)(=O)c3cc(Cl)c(Cl)cc3Cl)CC2)c1. The summed E-state index contributed by atoms with van der Waals surface area (Å²) in [6, 6.07) is 8.98. The summed E-state index contributed by atoms with van der Waals surface area (Å²) in [6.07, 6.45) is 0. The van der Waals surface area contributed by atoms with Gasteiger partial charge in [0.25, 0.3) is 0 Å². The molecule has 8 heteroatoms. The fraction of sp³-hybridized carbons (Fsp3) is 0.333. The predicted molar refractivity (Wildman–Crippen MR) is 108 cm³/mol. The van der Waals surface area contributed by atoms with Crippen LogP contribution in [0.1, 0.15) is 11.1 Å². The predicted octanol–water partition coefficient (Wildman–Crippen LogP) is 4.77. The molecule has 26 heavy (non-hydrogen) atoms. The molecule has 2 aromatic carbocycles. The number of hydrogen-bond acceptors (Lipinski definition) is 3. The number of benzene rings is 2. The first kappa shape index (κ1) is 19.8. The van der Waals surface area contributed by atoms with Crippen LogP contribution < -0.4 is 4.90 Å². The van der Waals surface area contributed by atoms with E-state index >= 15 is 0 Å². The maximum atomic E-state index is 13.0. The average molecular weight is 434 g/mol. The third-order valence-electron chi connectivity index (χ3n) is 4.54. The number of piperazine rings is 1. The standard InChI is InChI=1S/C18H19Cl3N2O2S/c1-12-3-4-13(2)17(9-12)22-5-7-23(8-6-22)26(24,25)18-11-15(20)14(19)10-16(18)21/h3-4,9-11H,5-8H2,1-2H3. The second-order valence-corrected chi connectivity index (χ2v) is 9.51. The Bertz CT molecular complexity index is 940. The molecule has 0 aromatic heterocycles. The van der Waals surface area contributed by atoms with Gasteiger partial charge >= 0.3 is 0 Å². The molecule has 4 nitrogen and oxygen atoms in total. The summed E-state index contributed by atoms with van der Waals surface area (Å²) in [5.41, 5.74) is 3.51. The maximum absolute atomic E-state index is 13.0. The van der Waals surface area contributed by atoms with Crippen LogP contribution in [0.5, 0.6) is 0 Å². The molecule has 1 aliphatic rings. The van der Waals surface area contributed by atoms with E-state index in [1.807, 2.05) is 0 Å². The average Bonchev–Trinajstić information content (AvgIpc) is 2.60. The van der Waals surface area contributed by atoms with E-state index in [0.29, 0.717) is 26.2 Å². The Morgan fingerprint density at radius 3 is 2.12 bits per heavy atom. The Hall–Kier alpha value is -0.980. The number of hydrogen-bond donors (Lipinski definition) is 0. The molecule has 0 N–H and O–H groups in total. The zero-order valence-corrected chi connectivity index (χ0v) is 17.6. The van der Waals surface area contributed by atoms with E-state index in [4.69, 9.17) is 34.8 Å². The van der Waals surface area contributed by atoms with Crippen LogP contribution in [0.15, 0.2) is 35.2 Å².